The number of pyridine rings is 1. The molecule has 4 heterocycles. The van der Waals surface area contributed by atoms with E-state index in [0.29, 0.717) is 22.7 Å². The van der Waals surface area contributed by atoms with E-state index in [0.717, 1.165) is 12.3 Å². The molecule has 0 atom stereocenters. The first kappa shape index (κ1) is 19.5. The van der Waals surface area contributed by atoms with Crippen molar-refractivity contribution in [2.75, 3.05) is 5.32 Å². The maximum atomic E-state index is 14.1. The van der Waals surface area contributed by atoms with E-state index in [2.05, 4.69) is 30.2 Å². The lowest BCUT2D eigenvalue weighted by atomic mass is 10.2. The number of nitrogens with one attached hydrogen (secondary N) is 1. The minimum absolute atomic E-state index is 0.243. The van der Waals surface area contributed by atoms with Crippen LogP contribution in [0.5, 0.6) is 0 Å². The summed E-state index contributed by atoms with van der Waals surface area (Å²) in [7, 11) is 0. The van der Waals surface area contributed by atoms with Crippen LogP contribution in [0.1, 0.15) is 25.5 Å². The zero-order valence-electron chi connectivity index (χ0n) is 16.4. The fourth-order valence-electron chi connectivity index (χ4n) is 2.90. The average Bonchev–Trinajstić information content (AvgIpc) is 3.10. The van der Waals surface area contributed by atoms with Gasteiger partial charge in [-0.25, -0.2) is 24.9 Å². The minimum atomic E-state index is -3.25. The van der Waals surface area contributed by atoms with Crippen molar-refractivity contribution in [3.8, 4) is 17.1 Å². The van der Waals surface area contributed by atoms with Gasteiger partial charge in [-0.2, -0.15) is 8.78 Å². The fourth-order valence-corrected chi connectivity index (χ4v) is 2.90. The number of nitrogens with zero attached hydrogens (tertiary/aromatic N) is 6. The highest BCUT2D eigenvalue weighted by Crippen LogP contribution is 2.29. The molecule has 4 aromatic rings. The minimum Gasteiger partial charge on any atom is -0.311 e. The van der Waals surface area contributed by atoms with E-state index in [1.165, 1.54) is 19.3 Å². The number of carbonyl (C=O) groups excluding carboxylic acids is 1. The lowest BCUT2D eigenvalue weighted by Gasteiger charge is -2.14. The van der Waals surface area contributed by atoms with Gasteiger partial charge in [-0.05, 0) is 13.0 Å². The van der Waals surface area contributed by atoms with Gasteiger partial charge in [0.25, 0.3) is 0 Å². The van der Waals surface area contributed by atoms with Crippen molar-refractivity contribution in [2.24, 2.45) is 0 Å². The molecule has 0 spiro atoms. The smallest absolute Gasteiger partial charge is 0.303 e. The van der Waals surface area contributed by atoms with Gasteiger partial charge >= 0.3 is 5.92 Å². The highest BCUT2D eigenvalue weighted by atomic mass is 19.3. The number of anilines is 1. The van der Waals surface area contributed by atoms with E-state index >= 15 is 0 Å². The third-order valence-corrected chi connectivity index (χ3v) is 4.31. The molecule has 0 saturated heterocycles. The summed E-state index contributed by atoms with van der Waals surface area (Å²) < 4.78 is 29.9. The predicted molar refractivity (Wildman–Crippen MR) is 106 cm³/mol. The van der Waals surface area contributed by atoms with Crippen molar-refractivity contribution in [3.63, 3.8) is 0 Å². The standard InChI is InChI=1S/C20H17F2N7O/c1-11-23-9-14(10-24-11)15-6-18(28-19(27-15)20(3,21)22)29-5-4-13-8-25-17(7-16(13)29)26-12(2)30/h4-10H,1-3H3,(H,25,26,30). The average molecular weight is 409 g/mol. The molecule has 0 radical (unpaired) electrons. The molecular formula is C20H17F2N7O. The molecule has 0 bridgehead atoms. The molecular weight excluding hydrogens is 392 g/mol. The lowest BCUT2D eigenvalue weighted by Crippen LogP contribution is -2.15. The van der Waals surface area contributed by atoms with E-state index in [1.54, 1.807) is 42.1 Å². The number of halogens is 2. The number of amides is 1. The van der Waals surface area contributed by atoms with Gasteiger partial charge < -0.3 is 9.88 Å². The van der Waals surface area contributed by atoms with Crippen LogP contribution in [0.3, 0.4) is 0 Å². The summed E-state index contributed by atoms with van der Waals surface area (Å²) in [5.74, 6) is -2.99. The lowest BCUT2D eigenvalue weighted by molar-refractivity contribution is -0.114. The SMILES string of the molecule is CC(=O)Nc1cc2c(ccn2-c2cc(-c3cnc(C)nc3)nc(C(C)(F)F)n2)cn1. The Hall–Kier alpha value is -3.82. The van der Waals surface area contributed by atoms with Gasteiger partial charge in [0.05, 0.1) is 11.2 Å². The molecule has 0 aliphatic heterocycles. The number of hydrogen-bond acceptors (Lipinski definition) is 6. The molecule has 0 aliphatic carbocycles. The summed E-state index contributed by atoms with van der Waals surface area (Å²) in [4.78, 5) is 31.9. The van der Waals surface area contributed by atoms with Crippen molar-refractivity contribution in [1.82, 2.24) is 29.5 Å². The van der Waals surface area contributed by atoms with Gasteiger partial charge in [0.15, 0.2) is 0 Å². The quantitative estimate of drug-likeness (QED) is 0.552. The zero-order valence-corrected chi connectivity index (χ0v) is 16.4. The van der Waals surface area contributed by atoms with Crippen LogP contribution in [0.15, 0.2) is 43.0 Å². The molecule has 1 N–H and O–H groups in total. The largest absolute Gasteiger partial charge is 0.311 e. The van der Waals surface area contributed by atoms with Gasteiger partial charge in [-0.15, -0.1) is 0 Å². The van der Waals surface area contributed by atoms with E-state index < -0.39 is 11.7 Å². The molecule has 1 amide bonds. The van der Waals surface area contributed by atoms with Crippen LogP contribution in [0.25, 0.3) is 28.0 Å². The topological polar surface area (TPSA) is 98.5 Å². The molecule has 4 rings (SSSR count). The monoisotopic (exact) mass is 409 g/mol. The number of carbonyl (C=O) groups is 1. The Morgan fingerprint density at radius 3 is 2.50 bits per heavy atom. The Morgan fingerprint density at radius 1 is 1.10 bits per heavy atom. The number of aromatic nitrogens is 6. The molecule has 0 unspecified atom stereocenters. The molecule has 0 fully saturated rings. The second kappa shape index (κ2) is 7.21. The number of hydrogen-bond donors (Lipinski definition) is 1. The highest BCUT2D eigenvalue weighted by Gasteiger charge is 2.30. The summed E-state index contributed by atoms with van der Waals surface area (Å²) in [5.41, 5.74) is 1.41. The third kappa shape index (κ3) is 3.84. The summed E-state index contributed by atoms with van der Waals surface area (Å²) in [6.45, 7) is 3.85. The number of rotatable bonds is 4. The van der Waals surface area contributed by atoms with Crippen LogP contribution in [-0.4, -0.2) is 35.4 Å². The molecule has 8 nitrogen and oxygen atoms in total. The first-order valence-electron chi connectivity index (χ1n) is 9.02. The van der Waals surface area contributed by atoms with E-state index in [1.807, 2.05) is 0 Å². The maximum absolute atomic E-state index is 14.1. The fraction of sp³-hybridized carbons (Fsp3) is 0.200. The first-order chi connectivity index (χ1) is 14.2. The molecule has 30 heavy (non-hydrogen) atoms. The van der Waals surface area contributed by atoms with Gasteiger partial charge in [0.1, 0.15) is 17.5 Å². The highest BCUT2D eigenvalue weighted by molar-refractivity contribution is 5.91. The number of aryl methyl sites for hydroxylation is 1. The second-order valence-electron chi connectivity index (χ2n) is 6.84. The number of alkyl halides is 2. The summed E-state index contributed by atoms with van der Waals surface area (Å²) in [6.07, 6.45) is 6.33. The van der Waals surface area contributed by atoms with Crippen LogP contribution < -0.4 is 5.32 Å². The van der Waals surface area contributed by atoms with Crippen molar-refractivity contribution in [1.29, 1.82) is 0 Å². The summed E-state index contributed by atoms with van der Waals surface area (Å²) in [5, 5.41) is 3.37. The molecule has 4 aromatic heterocycles. The van der Waals surface area contributed by atoms with E-state index in [9.17, 15) is 13.6 Å². The van der Waals surface area contributed by atoms with Crippen LogP contribution in [0, 0.1) is 6.92 Å². The third-order valence-electron chi connectivity index (χ3n) is 4.31. The normalized spacial score (nSPS) is 11.6. The van der Waals surface area contributed by atoms with Gasteiger partial charge in [0.2, 0.25) is 11.7 Å². The van der Waals surface area contributed by atoms with E-state index in [-0.39, 0.29) is 17.4 Å². The Labute approximate surface area is 170 Å². The van der Waals surface area contributed by atoms with Crippen LogP contribution in [0.2, 0.25) is 0 Å². The van der Waals surface area contributed by atoms with Crippen molar-refractivity contribution in [3.05, 3.63) is 54.6 Å². The molecule has 0 aromatic carbocycles. The maximum Gasteiger partial charge on any atom is 0.303 e. The summed E-state index contributed by atoms with van der Waals surface area (Å²) in [6, 6.07) is 5.01. The second-order valence-corrected chi connectivity index (χ2v) is 6.84. The van der Waals surface area contributed by atoms with E-state index in [4.69, 9.17) is 0 Å². The summed E-state index contributed by atoms with van der Waals surface area (Å²) >= 11 is 0. The van der Waals surface area contributed by atoms with Gasteiger partial charge in [-0.1, -0.05) is 0 Å². The van der Waals surface area contributed by atoms with Gasteiger partial charge in [-0.3, -0.25) is 4.79 Å². The number of fused-ring (bicyclic) bond motifs is 1. The van der Waals surface area contributed by atoms with Crippen molar-refractivity contribution >= 4 is 22.6 Å². The van der Waals surface area contributed by atoms with Crippen molar-refractivity contribution < 1.29 is 13.6 Å². The Bertz CT molecular complexity index is 1250. The predicted octanol–water partition coefficient (Wildman–Crippen LogP) is 3.65. The van der Waals surface area contributed by atoms with Crippen LogP contribution >= 0.6 is 0 Å². The van der Waals surface area contributed by atoms with Crippen LogP contribution in [0.4, 0.5) is 14.6 Å². The molecule has 10 heteroatoms. The van der Waals surface area contributed by atoms with Crippen molar-refractivity contribution in [2.45, 2.75) is 26.7 Å². The van der Waals surface area contributed by atoms with Gasteiger partial charge in [0, 0.05) is 61.7 Å². The molecule has 0 aliphatic rings. The first-order valence-corrected chi connectivity index (χ1v) is 9.02. The molecule has 0 saturated carbocycles. The Morgan fingerprint density at radius 2 is 1.83 bits per heavy atom. The molecule has 152 valence electrons. The van der Waals surface area contributed by atoms with Crippen LogP contribution in [-0.2, 0) is 10.7 Å². The zero-order chi connectivity index (χ0) is 21.5. The Kier molecular flexibility index (Phi) is 4.69. The Balaban J connectivity index is 1.90.